The second-order valence-corrected chi connectivity index (χ2v) is 2.63. The zero-order valence-electron chi connectivity index (χ0n) is 8.50. The van der Waals surface area contributed by atoms with Gasteiger partial charge in [0.1, 0.15) is 6.07 Å². The van der Waals surface area contributed by atoms with E-state index in [-0.39, 0.29) is 0 Å². The Kier molecular flexibility index (Phi) is 3.06. The molecular weight excluding hydrogens is 168 g/mol. The lowest BCUT2D eigenvalue weighted by atomic mass is 10.5. The van der Waals surface area contributed by atoms with Gasteiger partial charge in [-0.3, -0.25) is 0 Å². The number of aryl methyl sites for hydroxylation is 1. The van der Waals surface area contributed by atoms with Gasteiger partial charge in [0.15, 0.2) is 0 Å². The van der Waals surface area contributed by atoms with E-state index in [9.17, 15) is 0 Å². The highest BCUT2D eigenvalue weighted by Gasteiger charge is 2.16. The van der Waals surface area contributed by atoms with E-state index < -0.39 is 0 Å². The van der Waals surface area contributed by atoms with E-state index in [0.29, 0.717) is 5.88 Å². The van der Waals surface area contributed by atoms with Gasteiger partial charge in [-0.05, 0) is 11.9 Å². The molecule has 0 aromatic carbocycles. The molecule has 0 unspecified atom stereocenters. The number of ether oxygens (including phenoxy) is 2. The molecular formula is C9H15N2O2+. The summed E-state index contributed by atoms with van der Waals surface area (Å²) in [5.41, 5.74) is 0. The molecule has 0 aliphatic heterocycles. The second-order valence-electron chi connectivity index (χ2n) is 2.63. The monoisotopic (exact) mass is 183 g/mol. The lowest BCUT2D eigenvalue weighted by Crippen LogP contribution is -2.38. The first kappa shape index (κ1) is 9.77. The molecule has 4 nitrogen and oxygen atoms in total. The summed E-state index contributed by atoms with van der Waals surface area (Å²) in [4.78, 5) is 4.23. The minimum absolute atomic E-state index is 0.582. The van der Waals surface area contributed by atoms with Gasteiger partial charge in [-0.25, -0.2) is 0 Å². The first-order valence-electron chi connectivity index (χ1n) is 4.22. The van der Waals surface area contributed by atoms with E-state index in [2.05, 4.69) is 4.98 Å². The third-order valence-electron chi connectivity index (χ3n) is 1.91. The highest BCUT2D eigenvalue weighted by molar-refractivity contribution is 5.15. The first-order valence-corrected chi connectivity index (χ1v) is 4.22. The van der Waals surface area contributed by atoms with Crippen molar-refractivity contribution in [3.63, 3.8) is 0 Å². The van der Waals surface area contributed by atoms with Gasteiger partial charge >= 0.3 is 11.7 Å². The zero-order valence-corrected chi connectivity index (χ0v) is 8.50. The largest absolute Gasteiger partial charge is 0.465 e. The lowest BCUT2D eigenvalue weighted by molar-refractivity contribution is -0.707. The van der Waals surface area contributed by atoms with Gasteiger partial charge in [-0.2, -0.15) is 4.57 Å². The van der Waals surface area contributed by atoms with E-state index in [0.717, 1.165) is 18.2 Å². The molecule has 0 bridgehead atoms. The molecule has 0 saturated carbocycles. The molecule has 4 heteroatoms. The topological polar surface area (TPSA) is 35.2 Å². The Morgan fingerprint density at radius 1 is 1.38 bits per heavy atom. The maximum atomic E-state index is 5.20. The number of rotatable bonds is 3. The van der Waals surface area contributed by atoms with Crippen LogP contribution in [0, 0.1) is 6.92 Å². The van der Waals surface area contributed by atoms with Crippen molar-refractivity contribution in [3.8, 4) is 11.8 Å². The van der Waals surface area contributed by atoms with E-state index >= 15 is 0 Å². The third kappa shape index (κ3) is 1.88. The molecule has 1 heterocycles. The van der Waals surface area contributed by atoms with Gasteiger partial charge in [0.25, 0.3) is 5.88 Å². The normalized spacial score (nSPS) is 9.85. The Morgan fingerprint density at radius 3 is 2.54 bits per heavy atom. The fourth-order valence-corrected chi connectivity index (χ4v) is 1.25. The minimum Gasteiger partial charge on any atom is -0.465 e. The van der Waals surface area contributed by atoms with Crippen LogP contribution in [0.1, 0.15) is 12.7 Å². The van der Waals surface area contributed by atoms with Gasteiger partial charge in [0.05, 0.1) is 20.8 Å². The van der Waals surface area contributed by atoms with Gasteiger partial charge in [0.2, 0.25) is 0 Å². The molecule has 72 valence electrons. The van der Waals surface area contributed by atoms with Crippen molar-refractivity contribution in [1.29, 1.82) is 0 Å². The quantitative estimate of drug-likeness (QED) is 0.647. The second kappa shape index (κ2) is 4.07. The number of hydrogen-bond donors (Lipinski definition) is 0. The van der Waals surface area contributed by atoms with Crippen molar-refractivity contribution in [2.75, 3.05) is 14.2 Å². The van der Waals surface area contributed by atoms with Crippen LogP contribution < -0.4 is 14.0 Å². The molecule has 1 rings (SSSR count). The minimum atomic E-state index is 0.582. The lowest BCUT2D eigenvalue weighted by Gasteiger charge is -2.05. The van der Waals surface area contributed by atoms with Crippen molar-refractivity contribution in [1.82, 2.24) is 4.98 Å². The molecule has 0 spiro atoms. The molecule has 0 N–H and O–H groups in total. The van der Waals surface area contributed by atoms with Gasteiger partial charge in [-0.15, -0.1) is 0 Å². The summed E-state index contributed by atoms with van der Waals surface area (Å²) in [5.74, 6) is 2.24. The number of aromatic nitrogens is 2. The summed E-state index contributed by atoms with van der Waals surface area (Å²) >= 11 is 0. The van der Waals surface area contributed by atoms with Crippen molar-refractivity contribution in [3.05, 3.63) is 11.9 Å². The summed E-state index contributed by atoms with van der Waals surface area (Å²) in [7, 11) is 3.23. The number of nitrogens with zero attached hydrogens (tertiary/aromatic N) is 2. The molecule has 0 aliphatic rings. The molecule has 1 aromatic heterocycles. The van der Waals surface area contributed by atoms with Crippen LogP contribution in [-0.2, 0) is 6.54 Å². The van der Waals surface area contributed by atoms with Crippen molar-refractivity contribution < 1.29 is 14.0 Å². The Morgan fingerprint density at radius 2 is 2.08 bits per heavy atom. The van der Waals surface area contributed by atoms with Gasteiger partial charge in [0, 0.05) is 6.92 Å². The molecule has 1 aromatic rings. The average molecular weight is 183 g/mol. The summed E-state index contributed by atoms with van der Waals surface area (Å²) in [6.45, 7) is 4.81. The molecule has 0 radical (unpaired) electrons. The molecule has 0 atom stereocenters. The maximum Gasteiger partial charge on any atom is 0.335 e. The summed E-state index contributed by atoms with van der Waals surface area (Å²) < 4.78 is 12.2. The van der Waals surface area contributed by atoms with Crippen molar-refractivity contribution in [2.45, 2.75) is 20.4 Å². The molecule has 13 heavy (non-hydrogen) atoms. The zero-order chi connectivity index (χ0) is 9.84. The van der Waals surface area contributed by atoms with E-state index in [4.69, 9.17) is 9.47 Å². The van der Waals surface area contributed by atoms with Crippen LogP contribution in [0.2, 0.25) is 0 Å². The maximum absolute atomic E-state index is 5.20. The fourth-order valence-electron chi connectivity index (χ4n) is 1.25. The van der Waals surface area contributed by atoms with Crippen LogP contribution in [0.4, 0.5) is 0 Å². The predicted molar refractivity (Wildman–Crippen MR) is 47.9 cm³/mol. The van der Waals surface area contributed by atoms with E-state index in [1.165, 1.54) is 0 Å². The van der Waals surface area contributed by atoms with Crippen molar-refractivity contribution >= 4 is 0 Å². The van der Waals surface area contributed by atoms with Crippen molar-refractivity contribution in [2.24, 2.45) is 0 Å². The van der Waals surface area contributed by atoms with E-state index in [1.807, 2.05) is 18.4 Å². The smallest absolute Gasteiger partial charge is 0.335 e. The molecule has 0 fully saturated rings. The van der Waals surface area contributed by atoms with Gasteiger partial charge in [-0.1, -0.05) is 0 Å². The van der Waals surface area contributed by atoms with Crippen LogP contribution in [0.15, 0.2) is 6.07 Å². The predicted octanol–water partition coefficient (Wildman–Crippen LogP) is 0.715. The Hall–Kier alpha value is -1.32. The Labute approximate surface area is 78.1 Å². The van der Waals surface area contributed by atoms with Crippen LogP contribution in [0.5, 0.6) is 11.8 Å². The fraction of sp³-hybridized carbons (Fsp3) is 0.556. The van der Waals surface area contributed by atoms with Crippen LogP contribution in [0.3, 0.4) is 0 Å². The SMILES string of the molecule is CC[n+]1c(OC)cc(OC)nc1C. The standard InChI is InChI=1S/C9H15N2O2/c1-5-11-7(2)10-8(12-3)6-9(11)13-4/h6H,5H2,1-4H3/q+1. The Balaban J connectivity index is 3.20. The average Bonchev–Trinajstić information content (AvgIpc) is 2.16. The summed E-state index contributed by atoms with van der Waals surface area (Å²) in [6, 6.07) is 1.77. The molecule has 0 saturated heterocycles. The number of methoxy groups -OCH3 is 2. The highest BCUT2D eigenvalue weighted by Crippen LogP contribution is 2.12. The van der Waals surface area contributed by atoms with Gasteiger partial charge < -0.3 is 9.47 Å². The molecule has 0 aliphatic carbocycles. The third-order valence-corrected chi connectivity index (χ3v) is 1.91. The Bertz CT molecular complexity index is 300. The van der Waals surface area contributed by atoms with Crippen LogP contribution in [0.25, 0.3) is 0 Å². The van der Waals surface area contributed by atoms with E-state index in [1.54, 1.807) is 20.3 Å². The van der Waals surface area contributed by atoms with Crippen LogP contribution in [-0.4, -0.2) is 19.2 Å². The summed E-state index contributed by atoms with van der Waals surface area (Å²) in [6.07, 6.45) is 0. The molecule has 0 amide bonds. The highest BCUT2D eigenvalue weighted by atomic mass is 16.5. The van der Waals surface area contributed by atoms with Crippen LogP contribution >= 0.6 is 0 Å². The number of hydrogen-bond acceptors (Lipinski definition) is 3. The summed E-state index contributed by atoms with van der Waals surface area (Å²) in [5, 5.41) is 0. The first-order chi connectivity index (χ1) is 6.22.